The zero-order chi connectivity index (χ0) is 24.9. The number of esters is 4. The van der Waals surface area contributed by atoms with Crippen molar-refractivity contribution in [1.29, 1.82) is 0 Å². The first-order valence-corrected chi connectivity index (χ1v) is 9.53. The van der Waals surface area contributed by atoms with E-state index < -0.39 is 29.7 Å². The summed E-state index contributed by atoms with van der Waals surface area (Å²) in [5.74, 6) is -4.50. The van der Waals surface area contributed by atoms with Crippen LogP contribution < -0.4 is 18.9 Å². The summed E-state index contributed by atoms with van der Waals surface area (Å²) in [6, 6.07) is 5.17. The molecule has 0 aliphatic carbocycles. The van der Waals surface area contributed by atoms with Crippen LogP contribution in [0.4, 0.5) is 0 Å². The van der Waals surface area contributed by atoms with Gasteiger partial charge in [-0.15, -0.1) is 0 Å². The number of hydrogen-bond acceptors (Lipinski definition) is 10. The van der Waals surface area contributed by atoms with Gasteiger partial charge in [-0.25, -0.2) is 4.79 Å². The molecule has 0 saturated carbocycles. The Bertz CT molecular complexity index is 1110. The van der Waals surface area contributed by atoms with Gasteiger partial charge in [0.25, 0.3) is 0 Å². The molecule has 0 saturated heterocycles. The monoisotopic (exact) mass is 458 g/mol. The van der Waals surface area contributed by atoms with E-state index in [1.165, 1.54) is 25.3 Å². The Hall–Kier alpha value is -4.21. The van der Waals surface area contributed by atoms with E-state index in [1.54, 1.807) is 6.92 Å². The van der Waals surface area contributed by atoms with Crippen LogP contribution in [0.2, 0.25) is 0 Å². The molecule has 0 unspecified atom stereocenters. The van der Waals surface area contributed by atoms with Crippen LogP contribution in [0.1, 0.15) is 52.6 Å². The lowest BCUT2D eigenvalue weighted by molar-refractivity contribution is -0.133. The third-order valence-corrected chi connectivity index (χ3v) is 4.13. The maximum atomic E-state index is 13.7. The van der Waals surface area contributed by atoms with Crippen LogP contribution in [0, 0.1) is 6.92 Å². The van der Waals surface area contributed by atoms with Gasteiger partial charge in [0.2, 0.25) is 5.78 Å². The Balaban J connectivity index is 2.88. The fraction of sp³-hybridized carbons (Fsp3) is 0.261. The molecule has 0 fully saturated rings. The highest BCUT2D eigenvalue weighted by Gasteiger charge is 2.31. The zero-order valence-corrected chi connectivity index (χ0v) is 18.9. The summed E-state index contributed by atoms with van der Waals surface area (Å²) < 4.78 is 25.5. The van der Waals surface area contributed by atoms with Crippen molar-refractivity contribution in [2.45, 2.75) is 27.7 Å². The third-order valence-electron chi connectivity index (χ3n) is 4.13. The molecule has 2 aromatic rings. The second-order valence-electron chi connectivity index (χ2n) is 6.79. The van der Waals surface area contributed by atoms with Crippen molar-refractivity contribution in [3.63, 3.8) is 0 Å². The van der Waals surface area contributed by atoms with E-state index in [9.17, 15) is 24.0 Å². The first-order valence-electron chi connectivity index (χ1n) is 9.53. The molecule has 10 heteroatoms. The van der Waals surface area contributed by atoms with Gasteiger partial charge in [-0.1, -0.05) is 0 Å². The van der Waals surface area contributed by atoms with Gasteiger partial charge in [0.15, 0.2) is 0 Å². The molecule has 2 aromatic carbocycles. The number of benzene rings is 2. The van der Waals surface area contributed by atoms with E-state index in [4.69, 9.17) is 23.7 Å². The van der Waals surface area contributed by atoms with Crippen LogP contribution in [0.3, 0.4) is 0 Å². The molecule has 0 aliphatic rings. The van der Waals surface area contributed by atoms with Gasteiger partial charge in [-0.3, -0.25) is 19.2 Å². The number of aryl methyl sites for hydroxylation is 1. The minimum Gasteiger partial charge on any atom is -0.496 e. The van der Waals surface area contributed by atoms with Crippen LogP contribution in [0.5, 0.6) is 23.0 Å². The van der Waals surface area contributed by atoms with Crippen molar-refractivity contribution in [2.75, 3.05) is 14.2 Å². The molecular formula is C23H22O10. The minimum absolute atomic E-state index is 0.0689. The normalized spacial score (nSPS) is 10.1. The number of ketones is 1. The Morgan fingerprint density at radius 3 is 1.61 bits per heavy atom. The number of carbonyl (C=O) groups is 5. The average molecular weight is 458 g/mol. The van der Waals surface area contributed by atoms with E-state index in [2.05, 4.69) is 0 Å². The Kier molecular flexibility index (Phi) is 7.90. The Labute approximate surface area is 189 Å². The van der Waals surface area contributed by atoms with Crippen molar-refractivity contribution in [3.05, 3.63) is 46.5 Å². The molecule has 0 aromatic heterocycles. The molecule has 174 valence electrons. The molecule has 2 rings (SSSR count). The molecule has 33 heavy (non-hydrogen) atoms. The fourth-order valence-corrected chi connectivity index (χ4v) is 3.02. The standard InChI is InChI=1S/C23H22O10/c1-11-7-18(32-13(3)25)21(19(8-11)33-14(4)26)22(27)20-16(23(28)30-6)9-15(31-12(2)24)10-17(20)29-5/h7-10H,1-6H3. The van der Waals surface area contributed by atoms with Gasteiger partial charge in [-0.2, -0.15) is 0 Å². The number of hydrogen-bond donors (Lipinski definition) is 0. The molecule has 0 heterocycles. The lowest BCUT2D eigenvalue weighted by Gasteiger charge is -2.18. The van der Waals surface area contributed by atoms with E-state index in [0.29, 0.717) is 5.56 Å². The summed E-state index contributed by atoms with van der Waals surface area (Å²) in [6.07, 6.45) is 0. The van der Waals surface area contributed by atoms with Crippen molar-refractivity contribution in [3.8, 4) is 23.0 Å². The summed E-state index contributed by atoms with van der Waals surface area (Å²) in [6.45, 7) is 5.07. The number of carbonyl (C=O) groups excluding carboxylic acids is 5. The Morgan fingerprint density at radius 1 is 0.667 bits per heavy atom. The predicted molar refractivity (Wildman–Crippen MR) is 113 cm³/mol. The van der Waals surface area contributed by atoms with Crippen LogP contribution in [-0.4, -0.2) is 43.9 Å². The highest BCUT2D eigenvalue weighted by atomic mass is 16.6. The summed E-state index contributed by atoms with van der Waals surface area (Å²) >= 11 is 0. The molecule has 0 spiro atoms. The van der Waals surface area contributed by atoms with Crippen LogP contribution >= 0.6 is 0 Å². The second-order valence-corrected chi connectivity index (χ2v) is 6.79. The summed E-state index contributed by atoms with van der Waals surface area (Å²) in [5.41, 5.74) is -0.341. The SMILES string of the molecule is COC(=O)c1cc(OC(C)=O)cc(OC)c1C(=O)c1c(OC(C)=O)cc(C)cc1OC(C)=O. The number of methoxy groups -OCH3 is 2. The maximum absolute atomic E-state index is 13.7. The molecule has 0 atom stereocenters. The van der Waals surface area contributed by atoms with Gasteiger partial charge in [0, 0.05) is 26.8 Å². The first kappa shape index (κ1) is 25.1. The fourth-order valence-electron chi connectivity index (χ4n) is 3.02. The maximum Gasteiger partial charge on any atom is 0.338 e. The van der Waals surface area contributed by atoms with E-state index >= 15 is 0 Å². The minimum atomic E-state index is -0.930. The molecule has 0 amide bonds. The molecule has 10 nitrogen and oxygen atoms in total. The van der Waals surface area contributed by atoms with E-state index in [0.717, 1.165) is 33.9 Å². The van der Waals surface area contributed by atoms with Crippen molar-refractivity contribution in [2.24, 2.45) is 0 Å². The van der Waals surface area contributed by atoms with Gasteiger partial charge in [0.1, 0.15) is 28.6 Å². The van der Waals surface area contributed by atoms with E-state index in [-0.39, 0.29) is 39.7 Å². The summed E-state index contributed by atoms with van der Waals surface area (Å²) in [5, 5.41) is 0. The lowest BCUT2D eigenvalue weighted by atomic mass is 9.94. The second kappa shape index (κ2) is 10.4. The predicted octanol–water partition coefficient (Wildman–Crippen LogP) is 2.80. The average Bonchev–Trinajstić information content (AvgIpc) is 2.70. The van der Waals surface area contributed by atoms with Crippen molar-refractivity contribution >= 4 is 29.7 Å². The van der Waals surface area contributed by atoms with Crippen molar-refractivity contribution in [1.82, 2.24) is 0 Å². The zero-order valence-electron chi connectivity index (χ0n) is 18.9. The molecule has 0 radical (unpaired) electrons. The Morgan fingerprint density at radius 2 is 1.18 bits per heavy atom. The van der Waals surface area contributed by atoms with Crippen molar-refractivity contribution < 1.29 is 47.7 Å². The van der Waals surface area contributed by atoms with Gasteiger partial charge < -0.3 is 23.7 Å². The topological polar surface area (TPSA) is 132 Å². The molecule has 0 bridgehead atoms. The highest BCUT2D eigenvalue weighted by Crippen LogP contribution is 2.38. The lowest BCUT2D eigenvalue weighted by Crippen LogP contribution is -2.17. The van der Waals surface area contributed by atoms with Crippen LogP contribution in [0.25, 0.3) is 0 Å². The quantitative estimate of drug-likeness (QED) is 0.347. The van der Waals surface area contributed by atoms with Gasteiger partial charge in [-0.05, 0) is 30.7 Å². The van der Waals surface area contributed by atoms with Gasteiger partial charge >= 0.3 is 23.9 Å². The smallest absolute Gasteiger partial charge is 0.338 e. The van der Waals surface area contributed by atoms with E-state index in [1.807, 2.05) is 0 Å². The molecule has 0 N–H and O–H groups in total. The van der Waals surface area contributed by atoms with Crippen LogP contribution in [0.15, 0.2) is 24.3 Å². The largest absolute Gasteiger partial charge is 0.496 e. The first-order chi connectivity index (χ1) is 15.5. The van der Waals surface area contributed by atoms with Crippen LogP contribution in [-0.2, 0) is 19.1 Å². The third kappa shape index (κ3) is 5.94. The molecular weight excluding hydrogens is 436 g/mol. The number of rotatable bonds is 7. The summed E-state index contributed by atoms with van der Waals surface area (Å²) in [4.78, 5) is 61.0. The highest BCUT2D eigenvalue weighted by molar-refractivity contribution is 6.19. The number of ether oxygens (including phenoxy) is 5. The van der Waals surface area contributed by atoms with Gasteiger partial charge in [0.05, 0.1) is 25.3 Å². The molecule has 0 aliphatic heterocycles. The summed E-state index contributed by atoms with van der Waals surface area (Å²) in [7, 11) is 2.34.